The van der Waals surface area contributed by atoms with Crippen LogP contribution in [0.5, 0.6) is 0 Å². The van der Waals surface area contributed by atoms with Crippen LogP contribution < -0.4 is 0 Å². The van der Waals surface area contributed by atoms with Crippen molar-refractivity contribution in [1.29, 1.82) is 0 Å². The summed E-state index contributed by atoms with van der Waals surface area (Å²) in [7, 11) is 0. The number of rotatable bonds is 6. The van der Waals surface area contributed by atoms with Crippen LogP contribution in [0.4, 0.5) is 0 Å². The maximum Gasteiger partial charge on any atom is 0.165 e. The molecule has 0 amide bonds. The lowest BCUT2D eigenvalue weighted by Crippen LogP contribution is -2.08. The maximum absolute atomic E-state index is 5.13. The number of hydrogen-bond acceptors (Lipinski definition) is 2. The molecule has 0 unspecified atom stereocenters. The van der Waals surface area contributed by atoms with Crippen LogP contribution >= 0.6 is 0 Å². The summed E-state index contributed by atoms with van der Waals surface area (Å²) in [5.74, 6) is 0. The molecule has 4 nitrogen and oxygen atoms in total. The van der Waals surface area contributed by atoms with Gasteiger partial charge in [-0.3, -0.25) is 0 Å². The topological polar surface area (TPSA) is 35.1 Å². The van der Waals surface area contributed by atoms with E-state index >= 15 is 0 Å². The zero-order valence-electron chi connectivity index (χ0n) is 21.2. The molecule has 174 valence electrons. The molecule has 3 aromatic heterocycles. The predicted molar refractivity (Wildman–Crippen MR) is 142 cm³/mol. The highest BCUT2D eigenvalue weighted by atomic mass is 15.3. The molecule has 0 fully saturated rings. The number of aryl methyl sites for hydroxylation is 6. The first kappa shape index (κ1) is 22.4. The minimum absolute atomic E-state index is 0.832. The Hall–Kier alpha value is -3.40. The van der Waals surface area contributed by atoms with Gasteiger partial charge in [-0.1, -0.05) is 61.4 Å². The Balaban J connectivity index is 1.82. The molecule has 2 aromatic carbocycles. The highest BCUT2D eigenvalue weighted by Gasteiger charge is 2.22. The van der Waals surface area contributed by atoms with E-state index in [0.29, 0.717) is 0 Å². The highest BCUT2D eigenvalue weighted by molar-refractivity contribution is 5.90. The number of fused-ring (bicyclic) bond motifs is 3. The number of aromatic nitrogens is 4. The molecule has 0 aliphatic heterocycles. The summed E-state index contributed by atoms with van der Waals surface area (Å²) in [6, 6.07) is 17.6. The van der Waals surface area contributed by atoms with Crippen LogP contribution in [0.2, 0.25) is 0 Å². The van der Waals surface area contributed by atoms with E-state index in [4.69, 9.17) is 10.1 Å². The van der Waals surface area contributed by atoms with E-state index in [1.54, 1.807) is 0 Å². The van der Waals surface area contributed by atoms with Crippen molar-refractivity contribution in [3.05, 3.63) is 87.9 Å². The van der Waals surface area contributed by atoms with Crippen LogP contribution in [-0.4, -0.2) is 19.2 Å². The lowest BCUT2D eigenvalue weighted by molar-refractivity contribution is 0.699. The minimum Gasteiger partial charge on any atom is -0.325 e. The van der Waals surface area contributed by atoms with Gasteiger partial charge in [-0.2, -0.15) is 9.61 Å². The second-order valence-corrected chi connectivity index (χ2v) is 9.72. The normalized spacial score (nSPS) is 11.7. The van der Waals surface area contributed by atoms with Gasteiger partial charge in [-0.25, -0.2) is 4.98 Å². The minimum atomic E-state index is 0.832. The molecule has 5 rings (SSSR count). The van der Waals surface area contributed by atoms with E-state index in [9.17, 15) is 0 Å². The van der Waals surface area contributed by atoms with E-state index in [2.05, 4.69) is 99.2 Å². The summed E-state index contributed by atoms with van der Waals surface area (Å²) in [6.45, 7) is 13.9. The van der Waals surface area contributed by atoms with Crippen molar-refractivity contribution < 1.29 is 0 Å². The standard InChI is InChI=1S/C30H34N4/c1-7-8-14-25-17-26-22(5)31-29-28(27-20(3)15-19(2)16-21(27)4)23(6)32-34(29)30(26)33(25)18-24-12-10-9-11-13-24/h9-13,15-17H,7-8,14,18H2,1-6H3. The molecule has 0 saturated heterocycles. The fraction of sp³-hybridized carbons (Fsp3) is 0.333. The molecule has 3 heterocycles. The summed E-state index contributed by atoms with van der Waals surface area (Å²) in [5, 5.41) is 6.29. The Bertz CT molecular complexity index is 1480. The van der Waals surface area contributed by atoms with Gasteiger partial charge in [-0.15, -0.1) is 0 Å². The third-order valence-corrected chi connectivity index (χ3v) is 6.95. The summed E-state index contributed by atoms with van der Waals surface area (Å²) < 4.78 is 4.57. The van der Waals surface area contributed by atoms with Crippen molar-refractivity contribution in [2.24, 2.45) is 0 Å². The van der Waals surface area contributed by atoms with Crippen molar-refractivity contribution in [2.75, 3.05) is 0 Å². The molecular formula is C30H34N4. The van der Waals surface area contributed by atoms with Crippen molar-refractivity contribution in [2.45, 2.75) is 67.3 Å². The highest BCUT2D eigenvalue weighted by Crippen LogP contribution is 2.36. The van der Waals surface area contributed by atoms with Crippen LogP contribution in [0, 0.1) is 34.6 Å². The molecule has 4 heteroatoms. The van der Waals surface area contributed by atoms with Crippen molar-refractivity contribution in [1.82, 2.24) is 19.2 Å². The lowest BCUT2D eigenvalue weighted by Gasteiger charge is -2.13. The average Bonchev–Trinajstić information content (AvgIpc) is 3.31. The Morgan fingerprint density at radius 1 is 0.824 bits per heavy atom. The summed E-state index contributed by atoms with van der Waals surface area (Å²) in [4.78, 5) is 5.13. The zero-order valence-corrected chi connectivity index (χ0v) is 21.2. The molecule has 34 heavy (non-hydrogen) atoms. The zero-order chi connectivity index (χ0) is 24.0. The van der Waals surface area contributed by atoms with Crippen molar-refractivity contribution >= 4 is 16.7 Å². The Kier molecular flexibility index (Phi) is 5.76. The smallest absolute Gasteiger partial charge is 0.165 e. The van der Waals surface area contributed by atoms with Gasteiger partial charge in [0, 0.05) is 17.6 Å². The van der Waals surface area contributed by atoms with E-state index in [0.717, 1.165) is 41.2 Å². The summed E-state index contributed by atoms with van der Waals surface area (Å²) in [6.07, 6.45) is 3.41. The van der Waals surface area contributed by atoms with Gasteiger partial charge in [-0.05, 0) is 75.8 Å². The van der Waals surface area contributed by atoms with E-state index in [1.807, 2.05) is 0 Å². The Labute approximate surface area is 202 Å². The van der Waals surface area contributed by atoms with Gasteiger partial charge in [0.15, 0.2) is 5.65 Å². The van der Waals surface area contributed by atoms with E-state index in [1.165, 1.54) is 51.7 Å². The maximum atomic E-state index is 5.13. The summed E-state index contributed by atoms with van der Waals surface area (Å²) in [5.41, 5.74) is 13.1. The van der Waals surface area contributed by atoms with Crippen molar-refractivity contribution in [3.63, 3.8) is 0 Å². The third kappa shape index (κ3) is 3.71. The van der Waals surface area contributed by atoms with Gasteiger partial charge in [0.25, 0.3) is 0 Å². The SMILES string of the molecule is CCCCc1cc2c(C)nc3c(-c4c(C)cc(C)cc4C)c(C)nn3c2n1Cc1ccccc1. The van der Waals surface area contributed by atoms with E-state index in [-0.39, 0.29) is 0 Å². The summed E-state index contributed by atoms with van der Waals surface area (Å²) >= 11 is 0. The average molecular weight is 451 g/mol. The number of hydrogen-bond donors (Lipinski definition) is 0. The molecule has 0 aliphatic carbocycles. The van der Waals surface area contributed by atoms with Crippen LogP contribution in [0.3, 0.4) is 0 Å². The first-order chi connectivity index (χ1) is 16.4. The number of unbranched alkanes of at least 4 members (excludes halogenated alkanes) is 1. The number of benzene rings is 2. The molecule has 0 radical (unpaired) electrons. The van der Waals surface area contributed by atoms with Gasteiger partial charge >= 0.3 is 0 Å². The Morgan fingerprint density at radius 3 is 2.21 bits per heavy atom. The van der Waals surface area contributed by atoms with Gasteiger partial charge in [0.05, 0.1) is 17.0 Å². The molecule has 0 bridgehead atoms. The van der Waals surface area contributed by atoms with Crippen molar-refractivity contribution in [3.8, 4) is 11.1 Å². The quantitative estimate of drug-likeness (QED) is 0.272. The first-order valence-electron chi connectivity index (χ1n) is 12.4. The largest absolute Gasteiger partial charge is 0.325 e. The molecular weight excluding hydrogens is 416 g/mol. The van der Waals surface area contributed by atoms with E-state index < -0.39 is 0 Å². The fourth-order valence-corrected chi connectivity index (χ4v) is 5.44. The molecule has 0 atom stereocenters. The van der Waals surface area contributed by atoms with Crippen LogP contribution in [0.1, 0.15) is 59.1 Å². The molecule has 0 spiro atoms. The monoisotopic (exact) mass is 450 g/mol. The molecule has 5 aromatic rings. The Morgan fingerprint density at radius 2 is 1.53 bits per heavy atom. The second kappa shape index (κ2) is 8.75. The molecule has 0 N–H and O–H groups in total. The van der Waals surface area contributed by atoms with Gasteiger partial charge in [0.2, 0.25) is 0 Å². The molecule has 0 saturated carbocycles. The lowest BCUT2D eigenvalue weighted by atomic mass is 9.94. The van der Waals surface area contributed by atoms with Crippen LogP contribution in [-0.2, 0) is 13.0 Å². The third-order valence-electron chi connectivity index (χ3n) is 6.95. The second-order valence-electron chi connectivity index (χ2n) is 9.72. The first-order valence-corrected chi connectivity index (χ1v) is 12.4. The van der Waals surface area contributed by atoms with Crippen LogP contribution in [0.15, 0.2) is 48.5 Å². The van der Waals surface area contributed by atoms with Gasteiger partial charge in [0.1, 0.15) is 5.65 Å². The number of nitrogens with zero attached hydrogens (tertiary/aromatic N) is 4. The predicted octanol–water partition coefficient (Wildman–Crippen LogP) is 7.28. The molecule has 0 aliphatic rings. The van der Waals surface area contributed by atoms with Gasteiger partial charge < -0.3 is 4.57 Å². The van der Waals surface area contributed by atoms with Crippen LogP contribution in [0.25, 0.3) is 27.8 Å². The fourth-order valence-electron chi connectivity index (χ4n) is 5.44.